The summed E-state index contributed by atoms with van der Waals surface area (Å²) >= 11 is 0. The van der Waals surface area contributed by atoms with Crippen LogP contribution in [-0.4, -0.2) is 17.7 Å². The number of amides is 2. The van der Waals surface area contributed by atoms with E-state index in [0.717, 1.165) is 11.4 Å². The number of hydrogen-bond acceptors (Lipinski definition) is 2. The molecule has 0 aliphatic carbocycles. The summed E-state index contributed by atoms with van der Waals surface area (Å²) in [5.41, 5.74) is 2.16. The highest BCUT2D eigenvalue weighted by molar-refractivity contribution is 5.89. The number of ether oxygens (including phenoxy) is 1. The van der Waals surface area contributed by atoms with Crippen molar-refractivity contribution >= 4 is 11.7 Å². The van der Waals surface area contributed by atoms with Crippen LogP contribution in [-0.2, 0) is 13.1 Å². The van der Waals surface area contributed by atoms with Crippen molar-refractivity contribution in [3.63, 3.8) is 0 Å². The van der Waals surface area contributed by atoms with Crippen LogP contribution in [0.4, 0.5) is 14.9 Å². The van der Waals surface area contributed by atoms with Crippen LogP contribution in [0.5, 0.6) is 5.75 Å². The molecule has 3 rings (SSSR count). The smallest absolute Gasteiger partial charge is 0.319 e. The minimum absolute atomic E-state index is 0.239. The Morgan fingerprint density at radius 3 is 2.58 bits per heavy atom. The Balaban J connectivity index is 1.57. The standard InChI is InChI=1S/C20H20FN3O2/c1-26-18-10-8-16(9-11-18)23-20(25)22-13-17-6-4-12-24(17)14-15-5-2-3-7-19(15)21/h2-12H,13-14H2,1H3,(H2,22,23,25). The van der Waals surface area contributed by atoms with Crippen LogP contribution in [0.2, 0.25) is 0 Å². The molecule has 6 heteroatoms. The molecule has 1 heterocycles. The molecule has 0 bridgehead atoms. The summed E-state index contributed by atoms with van der Waals surface area (Å²) in [6.07, 6.45) is 1.87. The van der Waals surface area contributed by atoms with Gasteiger partial charge < -0.3 is 19.9 Å². The van der Waals surface area contributed by atoms with Crippen molar-refractivity contribution in [2.75, 3.05) is 12.4 Å². The van der Waals surface area contributed by atoms with Gasteiger partial charge in [0, 0.05) is 23.1 Å². The van der Waals surface area contributed by atoms with Crippen LogP contribution in [0.25, 0.3) is 0 Å². The molecule has 26 heavy (non-hydrogen) atoms. The number of anilines is 1. The van der Waals surface area contributed by atoms with Gasteiger partial charge >= 0.3 is 6.03 Å². The van der Waals surface area contributed by atoms with Crippen LogP contribution >= 0.6 is 0 Å². The van der Waals surface area contributed by atoms with Gasteiger partial charge in [-0.15, -0.1) is 0 Å². The fraction of sp³-hybridized carbons (Fsp3) is 0.150. The summed E-state index contributed by atoms with van der Waals surface area (Å²) in [5, 5.41) is 5.57. The third-order valence-electron chi connectivity index (χ3n) is 4.00. The topological polar surface area (TPSA) is 55.3 Å². The zero-order chi connectivity index (χ0) is 18.4. The number of methoxy groups -OCH3 is 1. The Hall–Kier alpha value is -3.28. The molecule has 1 aromatic heterocycles. The fourth-order valence-corrected chi connectivity index (χ4v) is 2.59. The third-order valence-corrected chi connectivity index (χ3v) is 4.00. The highest BCUT2D eigenvalue weighted by atomic mass is 19.1. The van der Waals surface area contributed by atoms with Crippen molar-refractivity contribution in [3.05, 3.63) is 83.9 Å². The first kappa shape index (κ1) is 17.5. The molecule has 0 saturated carbocycles. The maximum Gasteiger partial charge on any atom is 0.319 e. The predicted molar refractivity (Wildman–Crippen MR) is 98.8 cm³/mol. The van der Waals surface area contributed by atoms with E-state index in [9.17, 15) is 9.18 Å². The molecular formula is C20H20FN3O2. The monoisotopic (exact) mass is 353 g/mol. The maximum absolute atomic E-state index is 13.8. The molecule has 5 nitrogen and oxygen atoms in total. The molecule has 2 aromatic carbocycles. The molecule has 0 unspecified atom stereocenters. The van der Waals surface area contributed by atoms with Crippen molar-refractivity contribution in [1.29, 1.82) is 0 Å². The van der Waals surface area contributed by atoms with Crippen molar-refractivity contribution in [3.8, 4) is 5.75 Å². The second kappa shape index (κ2) is 8.20. The number of rotatable bonds is 6. The van der Waals surface area contributed by atoms with Crippen LogP contribution in [0.3, 0.4) is 0 Å². The largest absolute Gasteiger partial charge is 0.497 e. The Morgan fingerprint density at radius 2 is 1.85 bits per heavy atom. The lowest BCUT2D eigenvalue weighted by Crippen LogP contribution is -2.29. The highest BCUT2D eigenvalue weighted by Gasteiger charge is 2.07. The molecule has 134 valence electrons. The zero-order valence-corrected chi connectivity index (χ0v) is 14.4. The first-order chi connectivity index (χ1) is 12.7. The van der Waals surface area contributed by atoms with E-state index in [0.29, 0.717) is 24.3 Å². The van der Waals surface area contributed by atoms with E-state index in [1.54, 1.807) is 43.5 Å². The third kappa shape index (κ3) is 4.42. The molecule has 2 amide bonds. The molecule has 0 fully saturated rings. The van der Waals surface area contributed by atoms with E-state index >= 15 is 0 Å². The van der Waals surface area contributed by atoms with Gasteiger partial charge in [0.15, 0.2) is 0 Å². The number of aromatic nitrogens is 1. The van der Waals surface area contributed by atoms with Gasteiger partial charge in [0.25, 0.3) is 0 Å². The number of benzene rings is 2. The second-order valence-corrected chi connectivity index (χ2v) is 5.76. The SMILES string of the molecule is COc1ccc(NC(=O)NCc2cccn2Cc2ccccc2F)cc1. The molecule has 3 aromatic rings. The van der Waals surface area contributed by atoms with Gasteiger partial charge in [0.05, 0.1) is 20.2 Å². The van der Waals surface area contributed by atoms with Crippen molar-refractivity contribution in [2.24, 2.45) is 0 Å². The minimum Gasteiger partial charge on any atom is -0.497 e. The Labute approximate surface area is 151 Å². The quantitative estimate of drug-likeness (QED) is 0.704. The molecule has 2 N–H and O–H groups in total. The lowest BCUT2D eigenvalue weighted by atomic mass is 10.2. The summed E-state index contributed by atoms with van der Waals surface area (Å²) in [4.78, 5) is 12.1. The van der Waals surface area contributed by atoms with Gasteiger partial charge in [-0.3, -0.25) is 0 Å². The summed E-state index contributed by atoms with van der Waals surface area (Å²) in [7, 11) is 1.59. The predicted octanol–water partition coefficient (Wildman–Crippen LogP) is 4.01. The number of urea groups is 1. The Morgan fingerprint density at radius 1 is 1.08 bits per heavy atom. The van der Waals surface area contributed by atoms with Gasteiger partial charge in [-0.1, -0.05) is 18.2 Å². The van der Waals surface area contributed by atoms with Crippen molar-refractivity contribution < 1.29 is 13.9 Å². The normalized spacial score (nSPS) is 10.4. The van der Waals surface area contributed by atoms with Gasteiger partial charge in [0.2, 0.25) is 0 Å². The van der Waals surface area contributed by atoms with E-state index in [4.69, 9.17) is 4.74 Å². The number of hydrogen-bond donors (Lipinski definition) is 2. The van der Waals surface area contributed by atoms with E-state index in [2.05, 4.69) is 10.6 Å². The maximum atomic E-state index is 13.8. The van der Waals surface area contributed by atoms with Crippen LogP contribution in [0.15, 0.2) is 66.9 Å². The van der Waals surface area contributed by atoms with E-state index in [-0.39, 0.29) is 11.8 Å². The summed E-state index contributed by atoms with van der Waals surface area (Å²) in [6.45, 7) is 0.750. The highest BCUT2D eigenvalue weighted by Crippen LogP contribution is 2.15. The lowest BCUT2D eigenvalue weighted by Gasteiger charge is -2.12. The van der Waals surface area contributed by atoms with Gasteiger partial charge in [-0.25, -0.2) is 9.18 Å². The Bertz CT molecular complexity index is 875. The lowest BCUT2D eigenvalue weighted by molar-refractivity contribution is 0.251. The second-order valence-electron chi connectivity index (χ2n) is 5.76. The Kier molecular flexibility index (Phi) is 5.53. The van der Waals surface area contributed by atoms with Crippen molar-refractivity contribution in [1.82, 2.24) is 9.88 Å². The first-order valence-corrected chi connectivity index (χ1v) is 8.22. The molecule has 0 radical (unpaired) electrons. The van der Waals surface area contributed by atoms with Gasteiger partial charge in [-0.05, 0) is 42.5 Å². The molecule has 0 spiro atoms. The van der Waals surface area contributed by atoms with E-state index in [1.165, 1.54) is 6.07 Å². The van der Waals surface area contributed by atoms with Gasteiger partial charge in [-0.2, -0.15) is 0 Å². The number of nitrogens with zero attached hydrogens (tertiary/aromatic N) is 1. The fourth-order valence-electron chi connectivity index (χ4n) is 2.59. The molecule has 0 aliphatic heterocycles. The summed E-state index contributed by atoms with van der Waals surface area (Å²) < 4.78 is 20.8. The minimum atomic E-state index is -0.311. The molecular weight excluding hydrogens is 333 g/mol. The molecule has 0 aliphatic rings. The van der Waals surface area contributed by atoms with Crippen molar-refractivity contribution in [2.45, 2.75) is 13.1 Å². The van der Waals surface area contributed by atoms with Crippen LogP contribution in [0, 0.1) is 5.82 Å². The van der Waals surface area contributed by atoms with E-state index < -0.39 is 0 Å². The summed E-state index contributed by atoms with van der Waals surface area (Å²) in [5.74, 6) is 0.485. The molecule has 0 atom stereocenters. The van der Waals surface area contributed by atoms with Crippen LogP contribution < -0.4 is 15.4 Å². The average Bonchev–Trinajstić information content (AvgIpc) is 3.10. The number of halogens is 1. The van der Waals surface area contributed by atoms with Crippen LogP contribution in [0.1, 0.15) is 11.3 Å². The molecule has 0 saturated heterocycles. The average molecular weight is 353 g/mol. The first-order valence-electron chi connectivity index (χ1n) is 8.22. The zero-order valence-electron chi connectivity index (χ0n) is 14.4. The summed E-state index contributed by atoms with van der Waals surface area (Å²) in [6, 6.07) is 17.2. The number of carbonyl (C=O) groups excluding carboxylic acids is 1. The van der Waals surface area contributed by atoms with Gasteiger partial charge in [0.1, 0.15) is 11.6 Å². The van der Waals surface area contributed by atoms with E-state index in [1.807, 2.05) is 29.0 Å². The number of nitrogens with one attached hydrogen (secondary N) is 2. The number of carbonyl (C=O) groups is 1.